The fraction of sp³-hybridized carbons (Fsp3) is 0.833. The summed E-state index contributed by atoms with van der Waals surface area (Å²) in [5.41, 5.74) is 5.72. The summed E-state index contributed by atoms with van der Waals surface area (Å²) in [4.78, 5) is 27.0. The van der Waals surface area contributed by atoms with Gasteiger partial charge in [0.25, 0.3) is 0 Å². The van der Waals surface area contributed by atoms with Gasteiger partial charge in [0.05, 0.1) is 6.04 Å². The van der Waals surface area contributed by atoms with E-state index in [0.29, 0.717) is 19.5 Å². The van der Waals surface area contributed by atoms with Crippen molar-refractivity contribution in [2.75, 3.05) is 27.2 Å². The fourth-order valence-corrected chi connectivity index (χ4v) is 2.12. The van der Waals surface area contributed by atoms with Gasteiger partial charge in [-0.25, -0.2) is 0 Å². The summed E-state index contributed by atoms with van der Waals surface area (Å²) in [6.07, 6.45) is 2.16. The molecule has 0 aromatic heterocycles. The molecule has 2 amide bonds. The number of nitrogens with two attached hydrogens (primary N) is 1. The monoisotopic (exact) mass is 241 g/mol. The second kappa shape index (κ2) is 6.00. The first-order valence-corrected chi connectivity index (χ1v) is 6.22. The second-order valence-corrected chi connectivity index (χ2v) is 4.85. The van der Waals surface area contributed by atoms with Crippen LogP contribution in [0.4, 0.5) is 0 Å². The molecule has 1 fully saturated rings. The minimum Gasteiger partial charge on any atom is -0.349 e. The van der Waals surface area contributed by atoms with Crippen molar-refractivity contribution in [3.63, 3.8) is 0 Å². The zero-order chi connectivity index (χ0) is 13.0. The molecule has 1 aliphatic heterocycles. The highest BCUT2D eigenvalue weighted by Crippen LogP contribution is 2.19. The molecule has 1 unspecified atom stereocenters. The van der Waals surface area contributed by atoms with E-state index in [1.165, 1.54) is 0 Å². The molecule has 1 aliphatic rings. The summed E-state index contributed by atoms with van der Waals surface area (Å²) in [6, 6.07) is -0.392. The van der Waals surface area contributed by atoms with E-state index in [2.05, 4.69) is 0 Å². The van der Waals surface area contributed by atoms with Crippen molar-refractivity contribution in [2.24, 2.45) is 11.7 Å². The maximum Gasteiger partial charge on any atom is 0.239 e. The van der Waals surface area contributed by atoms with E-state index in [1.807, 2.05) is 6.92 Å². The third-order valence-corrected chi connectivity index (χ3v) is 3.35. The first-order chi connectivity index (χ1) is 7.97. The number of amides is 2. The normalized spacial score (nSPS) is 18.9. The highest BCUT2D eigenvalue weighted by atomic mass is 16.2. The standard InChI is InChI=1S/C12H23N3O2/c1-4-10(13)12(17)15-7-5-9(6-8-15)11(16)14(2)3/h9-10H,4-8,13H2,1-3H3. The van der Waals surface area contributed by atoms with E-state index in [9.17, 15) is 9.59 Å². The van der Waals surface area contributed by atoms with Crippen molar-refractivity contribution in [1.29, 1.82) is 0 Å². The number of hydrogen-bond acceptors (Lipinski definition) is 3. The van der Waals surface area contributed by atoms with Gasteiger partial charge < -0.3 is 15.5 Å². The summed E-state index contributed by atoms with van der Waals surface area (Å²) in [6.45, 7) is 3.21. The Morgan fingerprint density at radius 2 is 1.88 bits per heavy atom. The minimum absolute atomic E-state index is 0.0169. The Morgan fingerprint density at radius 3 is 2.29 bits per heavy atom. The molecule has 5 nitrogen and oxygen atoms in total. The Bertz CT molecular complexity index is 283. The molecule has 0 aromatic carbocycles. The van der Waals surface area contributed by atoms with Gasteiger partial charge in [-0.1, -0.05) is 6.92 Å². The molecule has 0 spiro atoms. The molecule has 0 radical (unpaired) electrons. The van der Waals surface area contributed by atoms with Crippen LogP contribution in [0, 0.1) is 5.92 Å². The first-order valence-electron chi connectivity index (χ1n) is 6.22. The third-order valence-electron chi connectivity index (χ3n) is 3.35. The summed E-state index contributed by atoms with van der Waals surface area (Å²) >= 11 is 0. The fourth-order valence-electron chi connectivity index (χ4n) is 2.12. The SMILES string of the molecule is CCC(N)C(=O)N1CCC(C(=O)N(C)C)CC1. The van der Waals surface area contributed by atoms with Gasteiger partial charge in [-0.15, -0.1) is 0 Å². The van der Waals surface area contributed by atoms with Gasteiger partial charge >= 0.3 is 0 Å². The molecule has 1 saturated heterocycles. The number of likely N-dealkylation sites (tertiary alicyclic amines) is 1. The summed E-state index contributed by atoms with van der Waals surface area (Å²) < 4.78 is 0. The molecular weight excluding hydrogens is 218 g/mol. The molecule has 98 valence electrons. The van der Waals surface area contributed by atoms with Gasteiger partial charge in [0.2, 0.25) is 11.8 Å². The topological polar surface area (TPSA) is 66.6 Å². The quantitative estimate of drug-likeness (QED) is 0.759. The zero-order valence-electron chi connectivity index (χ0n) is 11.0. The van der Waals surface area contributed by atoms with Gasteiger partial charge in [0.15, 0.2) is 0 Å². The van der Waals surface area contributed by atoms with Crippen LogP contribution in [0.2, 0.25) is 0 Å². The van der Waals surface area contributed by atoms with E-state index < -0.39 is 6.04 Å². The smallest absolute Gasteiger partial charge is 0.239 e. The van der Waals surface area contributed by atoms with Crippen LogP contribution in [0.25, 0.3) is 0 Å². The van der Waals surface area contributed by atoms with Gasteiger partial charge in [-0.05, 0) is 19.3 Å². The Morgan fingerprint density at radius 1 is 1.35 bits per heavy atom. The highest BCUT2D eigenvalue weighted by Gasteiger charge is 2.29. The largest absolute Gasteiger partial charge is 0.349 e. The van der Waals surface area contributed by atoms with Crippen LogP contribution < -0.4 is 5.73 Å². The highest BCUT2D eigenvalue weighted by molar-refractivity contribution is 5.82. The first kappa shape index (κ1) is 14.0. The van der Waals surface area contributed by atoms with E-state index in [1.54, 1.807) is 23.9 Å². The van der Waals surface area contributed by atoms with E-state index >= 15 is 0 Å². The van der Waals surface area contributed by atoms with E-state index in [-0.39, 0.29) is 17.7 Å². The van der Waals surface area contributed by atoms with Crippen LogP contribution in [-0.2, 0) is 9.59 Å². The Kier molecular flexibility index (Phi) is 4.93. The van der Waals surface area contributed by atoms with E-state index in [4.69, 9.17) is 5.73 Å². The third kappa shape index (κ3) is 3.43. The average Bonchev–Trinajstić information content (AvgIpc) is 2.36. The summed E-state index contributed by atoms with van der Waals surface area (Å²) in [5.74, 6) is 0.243. The molecule has 1 heterocycles. The molecule has 0 saturated carbocycles. The van der Waals surface area contributed by atoms with Crippen LogP contribution in [0.1, 0.15) is 26.2 Å². The lowest BCUT2D eigenvalue weighted by Crippen LogP contribution is -2.48. The van der Waals surface area contributed by atoms with Crippen molar-refractivity contribution in [1.82, 2.24) is 9.80 Å². The average molecular weight is 241 g/mol. The predicted molar refractivity (Wildman–Crippen MR) is 66.3 cm³/mol. The molecule has 1 atom stereocenters. The van der Waals surface area contributed by atoms with Crippen LogP contribution >= 0.6 is 0 Å². The van der Waals surface area contributed by atoms with Crippen LogP contribution in [0.15, 0.2) is 0 Å². The summed E-state index contributed by atoms with van der Waals surface area (Å²) in [5, 5.41) is 0. The van der Waals surface area contributed by atoms with Crippen molar-refractivity contribution >= 4 is 11.8 Å². The van der Waals surface area contributed by atoms with Crippen molar-refractivity contribution < 1.29 is 9.59 Å². The number of hydrogen-bond donors (Lipinski definition) is 1. The van der Waals surface area contributed by atoms with Gasteiger partial charge in [-0.3, -0.25) is 9.59 Å². The molecule has 0 bridgehead atoms. The number of carbonyl (C=O) groups is 2. The molecule has 5 heteroatoms. The van der Waals surface area contributed by atoms with Gasteiger partial charge in [0.1, 0.15) is 0 Å². The molecule has 2 N–H and O–H groups in total. The number of nitrogens with zero attached hydrogens (tertiary/aromatic N) is 2. The zero-order valence-corrected chi connectivity index (χ0v) is 11.0. The maximum absolute atomic E-state index is 11.8. The Balaban J connectivity index is 2.46. The molecule has 1 rings (SSSR count). The number of rotatable bonds is 3. The molecule has 17 heavy (non-hydrogen) atoms. The summed E-state index contributed by atoms with van der Waals surface area (Å²) in [7, 11) is 3.54. The lowest BCUT2D eigenvalue weighted by atomic mass is 9.95. The maximum atomic E-state index is 11.8. The lowest BCUT2D eigenvalue weighted by Gasteiger charge is -2.33. The Labute approximate surface area is 103 Å². The lowest BCUT2D eigenvalue weighted by molar-refractivity contribution is -0.139. The van der Waals surface area contributed by atoms with Gasteiger partial charge in [0, 0.05) is 33.1 Å². The minimum atomic E-state index is -0.392. The van der Waals surface area contributed by atoms with Gasteiger partial charge in [-0.2, -0.15) is 0 Å². The Hall–Kier alpha value is -1.10. The van der Waals surface area contributed by atoms with Crippen molar-refractivity contribution in [3.05, 3.63) is 0 Å². The molecule has 0 aliphatic carbocycles. The number of carbonyl (C=O) groups excluding carboxylic acids is 2. The van der Waals surface area contributed by atoms with Crippen molar-refractivity contribution in [3.8, 4) is 0 Å². The number of piperidine rings is 1. The molecule has 0 aromatic rings. The van der Waals surface area contributed by atoms with Crippen LogP contribution in [0.5, 0.6) is 0 Å². The predicted octanol–water partition coefficient (Wildman–Crippen LogP) is 0.0505. The second-order valence-electron chi connectivity index (χ2n) is 4.85. The molecular formula is C12H23N3O2. The van der Waals surface area contributed by atoms with Crippen LogP contribution in [0.3, 0.4) is 0 Å². The van der Waals surface area contributed by atoms with Crippen molar-refractivity contribution in [2.45, 2.75) is 32.2 Å². The van der Waals surface area contributed by atoms with E-state index in [0.717, 1.165) is 12.8 Å². The van der Waals surface area contributed by atoms with Crippen LogP contribution in [-0.4, -0.2) is 54.8 Å².